The van der Waals surface area contributed by atoms with Crippen LogP contribution in [0.5, 0.6) is 0 Å². The van der Waals surface area contributed by atoms with Crippen LogP contribution in [0.15, 0.2) is 12.1 Å². The molecule has 0 bridgehead atoms. The zero-order valence-corrected chi connectivity index (χ0v) is 7.37. The first-order valence-corrected chi connectivity index (χ1v) is 3.69. The Morgan fingerprint density at radius 3 is 2.54 bits per heavy atom. The van der Waals surface area contributed by atoms with Gasteiger partial charge in [0.05, 0.1) is 11.5 Å². The summed E-state index contributed by atoms with van der Waals surface area (Å²) in [7, 11) is 0. The predicted molar refractivity (Wildman–Crippen MR) is 48.8 cm³/mol. The number of hydrogen-bond acceptors (Lipinski definition) is 2. The van der Waals surface area contributed by atoms with E-state index in [1.807, 2.05) is 0 Å². The molecule has 0 spiro atoms. The van der Waals surface area contributed by atoms with Crippen LogP contribution in [0, 0.1) is 30.5 Å². The molecule has 0 aliphatic carbocycles. The summed E-state index contributed by atoms with van der Waals surface area (Å²) in [6.07, 6.45) is 0. The number of benzene rings is 1. The van der Waals surface area contributed by atoms with E-state index in [1.165, 1.54) is 6.07 Å². The average molecular weight is 176 g/mol. The fourth-order valence-corrected chi connectivity index (χ4v) is 1.22. The van der Waals surface area contributed by atoms with Gasteiger partial charge in [-0.1, -0.05) is 6.07 Å². The van der Waals surface area contributed by atoms with Gasteiger partial charge in [-0.2, -0.15) is 0 Å². The molecule has 0 aliphatic rings. The summed E-state index contributed by atoms with van der Waals surface area (Å²) < 4.78 is 0. The molecule has 13 heavy (non-hydrogen) atoms. The fraction of sp³-hybridized carbons (Fsp3) is 0.222. The van der Waals surface area contributed by atoms with Crippen molar-refractivity contribution in [3.63, 3.8) is 0 Å². The molecule has 0 aliphatic heterocycles. The quantitative estimate of drug-likeness (QED) is 0.375. The van der Waals surface area contributed by atoms with Gasteiger partial charge in [-0.15, -0.1) is 0 Å². The molecule has 66 valence electrons. The van der Waals surface area contributed by atoms with E-state index in [2.05, 4.69) is 4.85 Å². The maximum Gasteiger partial charge on any atom is 0.279 e. The Morgan fingerprint density at radius 1 is 1.46 bits per heavy atom. The molecular formula is C9H8N2O2. The van der Waals surface area contributed by atoms with Crippen LogP contribution in [-0.2, 0) is 0 Å². The van der Waals surface area contributed by atoms with Gasteiger partial charge in [0.1, 0.15) is 0 Å². The second-order valence-electron chi connectivity index (χ2n) is 2.82. The lowest BCUT2D eigenvalue weighted by Crippen LogP contribution is -1.90. The Hall–Kier alpha value is -1.89. The Kier molecular flexibility index (Phi) is 2.29. The standard InChI is InChI=1S/C9H8N2O2/c1-6-4-7(2)9(10-3)8(5-6)11(12)13/h4-5H,1-2H3. The normalized spacial score (nSPS) is 9.31. The number of aryl methyl sites for hydroxylation is 2. The average Bonchev–Trinajstić information content (AvgIpc) is 2.02. The molecule has 0 radical (unpaired) electrons. The summed E-state index contributed by atoms with van der Waals surface area (Å²) in [5.74, 6) is 0. The van der Waals surface area contributed by atoms with Crippen molar-refractivity contribution in [2.45, 2.75) is 13.8 Å². The van der Waals surface area contributed by atoms with Crippen LogP contribution < -0.4 is 0 Å². The van der Waals surface area contributed by atoms with Crippen molar-refractivity contribution in [2.75, 3.05) is 0 Å². The second-order valence-corrected chi connectivity index (χ2v) is 2.82. The van der Waals surface area contributed by atoms with Crippen LogP contribution in [0.25, 0.3) is 4.85 Å². The minimum absolute atomic E-state index is 0.104. The number of nitro groups is 1. The van der Waals surface area contributed by atoms with Crippen molar-refractivity contribution in [1.82, 2.24) is 0 Å². The van der Waals surface area contributed by atoms with Crippen LogP contribution in [-0.4, -0.2) is 4.92 Å². The molecule has 0 aromatic heterocycles. The van der Waals surface area contributed by atoms with Crippen molar-refractivity contribution < 1.29 is 4.92 Å². The van der Waals surface area contributed by atoms with Gasteiger partial charge in [0.25, 0.3) is 11.4 Å². The van der Waals surface area contributed by atoms with Gasteiger partial charge >= 0.3 is 0 Å². The summed E-state index contributed by atoms with van der Waals surface area (Å²) in [4.78, 5) is 13.2. The number of rotatable bonds is 1. The molecule has 0 atom stereocenters. The summed E-state index contributed by atoms with van der Waals surface area (Å²) >= 11 is 0. The highest BCUT2D eigenvalue weighted by atomic mass is 16.6. The maximum absolute atomic E-state index is 10.5. The van der Waals surface area contributed by atoms with Gasteiger partial charge in [0, 0.05) is 6.07 Å². The summed E-state index contributed by atoms with van der Waals surface area (Å²) in [6, 6.07) is 3.18. The van der Waals surface area contributed by atoms with Crippen molar-refractivity contribution in [3.8, 4) is 0 Å². The molecule has 0 N–H and O–H groups in total. The lowest BCUT2D eigenvalue weighted by molar-refractivity contribution is -0.383. The van der Waals surface area contributed by atoms with E-state index in [4.69, 9.17) is 6.57 Å². The van der Waals surface area contributed by atoms with E-state index >= 15 is 0 Å². The summed E-state index contributed by atoms with van der Waals surface area (Å²) in [5.41, 5.74) is 1.49. The van der Waals surface area contributed by atoms with Crippen LogP contribution in [0.3, 0.4) is 0 Å². The largest absolute Gasteiger partial charge is 0.279 e. The van der Waals surface area contributed by atoms with Crippen LogP contribution in [0.2, 0.25) is 0 Å². The molecule has 4 nitrogen and oxygen atoms in total. The Labute approximate surface area is 75.8 Å². The summed E-state index contributed by atoms with van der Waals surface area (Å²) in [5, 5.41) is 10.5. The zero-order chi connectivity index (χ0) is 10.0. The van der Waals surface area contributed by atoms with Gasteiger partial charge in [-0.3, -0.25) is 10.1 Å². The van der Waals surface area contributed by atoms with Crippen molar-refractivity contribution in [2.24, 2.45) is 0 Å². The maximum atomic E-state index is 10.5. The first-order valence-electron chi connectivity index (χ1n) is 3.69. The highest BCUT2D eigenvalue weighted by molar-refractivity contribution is 5.68. The fourth-order valence-electron chi connectivity index (χ4n) is 1.22. The molecule has 0 saturated heterocycles. The van der Waals surface area contributed by atoms with Crippen molar-refractivity contribution in [1.29, 1.82) is 0 Å². The minimum Gasteiger partial charge on any atom is -0.260 e. The molecule has 4 heteroatoms. The zero-order valence-electron chi connectivity index (χ0n) is 7.37. The molecule has 1 aromatic rings. The highest BCUT2D eigenvalue weighted by Gasteiger charge is 2.16. The van der Waals surface area contributed by atoms with E-state index in [9.17, 15) is 10.1 Å². The molecule has 1 aromatic carbocycles. The molecule has 1 rings (SSSR count). The Balaban J connectivity index is 3.50. The molecule has 0 fully saturated rings. The molecule has 0 amide bonds. The van der Waals surface area contributed by atoms with Crippen molar-refractivity contribution >= 4 is 11.4 Å². The van der Waals surface area contributed by atoms with E-state index in [0.29, 0.717) is 5.56 Å². The van der Waals surface area contributed by atoms with Gasteiger partial charge in [-0.25, -0.2) is 4.85 Å². The Bertz CT molecular complexity index is 405. The number of nitrogens with zero attached hydrogens (tertiary/aromatic N) is 2. The third kappa shape index (κ3) is 1.64. The molecule has 0 saturated carbocycles. The van der Waals surface area contributed by atoms with Gasteiger partial charge in [-0.05, 0) is 25.0 Å². The lowest BCUT2D eigenvalue weighted by Gasteiger charge is -2.00. The highest BCUT2D eigenvalue weighted by Crippen LogP contribution is 2.31. The van der Waals surface area contributed by atoms with E-state index in [-0.39, 0.29) is 11.4 Å². The van der Waals surface area contributed by atoms with Crippen LogP contribution in [0.1, 0.15) is 11.1 Å². The predicted octanol–water partition coefficient (Wildman–Crippen LogP) is 2.76. The lowest BCUT2D eigenvalue weighted by atomic mass is 10.1. The van der Waals surface area contributed by atoms with E-state index < -0.39 is 4.92 Å². The first kappa shape index (κ1) is 9.20. The molecule has 0 heterocycles. The second kappa shape index (κ2) is 3.23. The number of hydrogen-bond donors (Lipinski definition) is 0. The first-order chi connectivity index (χ1) is 6.06. The van der Waals surface area contributed by atoms with Gasteiger partial charge < -0.3 is 0 Å². The van der Waals surface area contributed by atoms with Crippen molar-refractivity contribution in [3.05, 3.63) is 44.8 Å². The molecular weight excluding hydrogens is 168 g/mol. The minimum atomic E-state index is -0.520. The monoisotopic (exact) mass is 176 g/mol. The van der Waals surface area contributed by atoms with Crippen LogP contribution in [0.4, 0.5) is 11.4 Å². The van der Waals surface area contributed by atoms with E-state index in [0.717, 1.165) is 5.56 Å². The topological polar surface area (TPSA) is 47.5 Å². The Morgan fingerprint density at radius 2 is 2.08 bits per heavy atom. The van der Waals surface area contributed by atoms with Gasteiger partial charge in [0.2, 0.25) is 0 Å². The third-order valence-electron chi connectivity index (χ3n) is 1.73. The van der Waals surface area contributed by atoms with Crippen LogP contribution >= 0.6 is 0 Å². The molecule has 0 unspecified atom stereocenters. The summed E-state index contributed by atoms with van der Waals surface area (Å²) in [6.45, 7) is 10.3. The smallest absolute Gasteiger partial charge is 0.260 e. The SMILES string of the molecule is [C-]#[N+]c1c(C)cc(C)cc1[N+](=O)[O-]. The van der Waals surface area contributed by atoms with Gasteiger partial charge in [0.15, 0.2) is 0 Å². The third-order valence-corrected chi connectivity index (χ3v) is 1.73. The van der Waals surface area contributed by atoms with E-state index in [1.54, 1.807) is 19.9 Å². The number of nitro benzene ring substituents is 1.